The fraction of sp³-hybridized carbons (Fsp3) is 0.400. The summed E-state index contributed by atoms with van der Waals surface area (Å²) >= 11 is 12.8. The van der Waals surface area contributed by atoms with Crippen LogP contribution in [-0.2, 0) is 16.9 Å². The topological polar surface area (TPSA) is 51.5 Å². The highest BCUT2D eigenvalue weighted by atomic mass is 35.5. The van der Waals surface area contributed by atoms with Gasteiger partial charge in [-0.3, -0.25) is 0 Å². The quantitative estimate of drug-likeness (QED) is 0.521. The highest BCUT2D eigenvalue weighted by Crippen LogP contribution is 2.44. The zero-order valence-electron chi connectivity index (χ0n) is 18.4. The maximum absolute atomic E-state index is 6.65. The first-order valence-electron chi connectivity index (χ1n) is 11.4. The number of aromatic nitrogens is 2. The van der Waals surface area contributed by atoms with E-state index >= 15 is 0 Å². The number of nitrogens with one attached hydrogen (secondary N) is 1. The molecule has 0 spiro atoms. The van der Waals surface area contributed by atoms with Gasteiger partial charge in [-0.25, -0.2) is 4.98 Å². The van der Waals surface area contributed by atoms with E-state index in [-0.39, 0.29) is 6.10 Å². The summed E-state index contributed by atoms with van der Waals surface area (Å²) in [5.41, 5.74) is 1.63. The molecule has 2 aliphatic heterocycles. The second-order valence-electron chi connectivity index (χ2n) is 8.67. The number of anilines is 1. The van der Waals surface area contributed by atoms with Gasteiger partial charge in [0.25, 0.3) is 0 Å². The van der Waals surface area contributed by atoms with Gasteiger partial charge in [0, 0.05) is 59.9 Å². The Bertz CT molecular complexity index is 1050. The first kappa shape index (κ1) is 22.5. The Labute approximate surface area is 204 Å². The third-order valence-electron chi connectivity index (χ3n) is 6.44. The van der Waals surface area contributed by atoms with Crippen molar-refractivity contribution in [2.24, 2.45) is 0 Å². The lowest BCUT2D eigenvalue weighted by molar-refractivity contribution is -0.0697. The van der Waals surface area contributed by atoms with E-state index in [1.54, 1.807) is 18.6 Å². The van der Waals surface area contributed by atoms with Gasteiger partial charge in [0.1, 0.15) is 18.0 Å². The van der Waals surface area contributed by atoms with Crippen LogP contribution in [0.2, 0.25) is 10.0 Å². The Morgan fingerprint density at radius 1 is 1.12 bits per heavy atom. The summed E-state index contributed by atoms with van der Waals surface area (Å²) < 4.78 is 14.8. The first-order valence-corrected chi connectivity index (χ1v) is 12.1. The van der Waals surface area contributed by atoms with Gasteiger partial charge in [-0.05, 0) is 49.2 Å². The molecule has 3 aromatic rings. The molecule has 0 saturated carbocycles. The number of rotatable bonds is 7. The number of piperazine rings is 1. The zero-order valence-corrected chi connectivity index (χ0v) is 19.9. The van der Waals surface area contributed by atoms with Crippen molar-refractivity contribution in [2.45, 2.75) is 31.1 Å². The largest absolute Gasteiger partial charge is 0.491 e. The van der Waals surface area contributed by atoms with Crippen LogP contribution in [0.5, 0.6) is 5.75 Å². The van der Waals surface area contributed by atoms with E-state index in [4.69, 9.17) is 32.7 Å². The summed E-state index contributed by atoms with van der Waals surface area (Å²) in [5, 5.41) is 4.62. The minimum atomic E-state index is -0.553. The molecule has 8 heteroatoms. The molecule has 1 N–H and O–H groups in total. The number of hydrogen-bond acceptors (Lipinski definition) is 5. The van der Waals surface area contributed by atoms with E-state index in [0.29, 0.717) is 23.2 Å². The van der Waals surface area contributed by atoms with Crippen molar-refractivity contribution in [1.29, 1.82) is 0 Å². The van der Waals surface area contributed by atoms with Crippen molar-refractivity contribution in [2.75, 3.05) is 37.7 Å². The van der Waals surface area contributed by atoms with Gasteiger partial charge in [0.15, 0.2) is 0 Å². The monoisotopic (exact) mass is 486 g/mol. The van der Waals surface area contributed by atoms with E-state index in [1.165, 1.54) is 5.69 Å². The number of ether oxygens (including phenoxy) is 2. The lowest BCUT2D eigenvalue weighted by Gasteiger charge is -2.31. The second kappa shape index (κ2) is 9.94. The van der Waals surface area contributed by atoms with Crippen molar-refractivity contribution in [3.05, 3.63) is 76.8 Å². The zero-order chi connectivity index (χ0) is 22.7. The van der Waals surface area contributed by atoms with E-state index in [0.717, 1.165) is 50.3 Å². The molecule has 2 saturated heterocycles. The van der Waals surface area contributed by atoms with Crippen LogP contribution in [0.3, 0.4) is 0 Å². The Morgan fingerprint density at radius 2 is 1.94 bits per heavy atom. The molecule has 6 nitrogen and oxygen atoms in total. The molecule has 2 atom stereocenters. The molecular weight excluding hydrogens is 459 g/mol. The lowest BCUT2D eigenvalue weighted by atomic mass is 9.90. The van der Waals surface area contributed by atoms with Crippen molar-refractivity contribution in [3.8, 4) is 5.75 Å². The maximum atomic E-state index is 6.65. The fourth-order valence-electron chi connectivity index (χ4n) is 4.75. The smallest absolute Gasteiger partial charge is 0.119 e. The Hall–Kier alpha value is -2.25. The number of imidazole rings is 1. The Morgan fingerprint density at radius 3 is 2.67 bits per heavy atom. The molecular formula is C25H28Cl2N4O2. The molecule has 5 rings (SSSR count). The average molecular weight is 487 g/mol. The average Bonchev–Trinajstić information content (AvgIpc) is 3.49. The van der Waals surface area contributed by atoms with Gasteiger partial charge in [-0.1, -0.05) is 29.3 Å². The molecule has 33 heavy (non-hydrogen) atoms. The summed E-state index contributed by atoms with van der Waals surface area (Å²) in [6.07, 6.45) is 7.21. The number of hydrogen-bond donors (Lipinski definition) is 1. The molecule has 2 unspecified atom stereocenters. The van der Waals surface area contributed by atoms with Gasteiger partial charge >= 0.3 is 0 Å². The number of nitrogens with zero attached hydrogens (tertiary/aromatic N) is 3. The number of benzene rings is 2. The molecule has 2 aliphatic rings. The maximum Gasteiger partial charge on any atom is 0.119 e. The van der Waals surface area contributed by atoms with Gasteiger partial charge in [0.05, 0.1) is 19.0 Å². The minimum absolute atomic E-state index is 0.0342. The Balaban J connectivity index is 1.26. The third kappa shape index (κ3) is 5.14. The Kier molecular flexibility index (Phi) is 6.79. The van der Waals surface area contributed by atoms with Crippen LogP contribution >= 0.6 is 23.2 Å². The molecule has 174 valence electrons. The van der Waals surface area contributed by atoms with Crippen LogP contribution in [0, 0.1) is 0 Å². The van der Waals surface area contributed by atoms with Crippen molar-refractivity contribution in [3.63, 3.8) is 0 Å². The van der Waals surface area contributed by atoms with Crippen molar-refractivity contribution >= 4 is 28.9 Å². The predicted octanol–water partition coefficient (Wildman–Crippen LogP) is 4.75. The first-order chi connectivity index (χ1) is 16.1. The molecule has 2 aromatic carbocycles. The summed E-state index contributed by atoms with van der Waals surface area (Å²) in [4.78, 5) is 6.57. The molecule has 0 amide bonds. The van der Waals surface area contributed by atoms with Gasteiger partial charge in [0.2, 0.25) is 0 Å². The molecule has 0 bridgehead atoms. The van der Waals surface area contributed by atoms with E-state index < -0.39 is 5.60 Å². The molecule has 1 aromatic heterocycles. The molecule has 0 aliphatic carbocycles. The molecule has 2 fully saturated rings. The normalized spacial score (nSPS) is 23.1. The SMILES string of the molecule is Clc1ccc(C2(Cn3ccnc3)CCC(COc3ccc(N4CCNCC4)cc3)O2)c(Cl)c1. The van der Waals surface area contributed by atoms with Crippen molar-refractivity contribution < 1.29 is 9.47 Å². The van der Waals surface area contributed by atoms with Crippen molar-refractivity contribution in [1.82, 2.24) is 14.9 Å². The summed E-state index contributed by atoms with van der Waals surface area (Å²) in [6.45, 7) is 5.23. The third-order valence-corrected chi connectivity index (χ3v) is 6.98. The fourth-order valence-corrected chi connectivity index (χ4v) is 5.33. The van der Waals surface area contributed by atoms with Crippen LogP contribution < -0.4 is 15.0 Å². The van der Waals surface area contributed by atoms with Gasteiger partial charge in [-0.2, -0.15) is 0 Å². The van der Waals surface area contributed by atoms with Crippen LogP contribution in [0.15, 0.2) is 61.2 Å². The highest BCUT2D eigenvalue weighted by molar-refractivity contribution is 6.35. The standard InChI is InChI=1S/C25H28Cl2N4O2/c26-19-1-6-23(24(27)15-19)25(17-30-12-9-29-18-30)8-7-22(33-25)16-32-21-4-2-20(3-5-21)31-13-10-28-11-14-31/h1-6,9,12,15,18,22,28H,7-8,10-11,13-14,16-17H2. The summed E-state index contributed by atoms with van der Waals surface area (Å²) in [7, 11) is 0. The van der Waals surface area contributed by atoms with Gasteiger partial charge in [-0.15, -0.1) is 0 Å². The highest BCUT2D eigenvalue weighted by Gasteiger charge is 2.43. The summed E-state index contributed by atoms with van der Waals surface area (Å²) in [6, 6.07) is 14.0. The molecule has 0 radical (unpaired) electrons. The van der Waals surface area contributed by atoms with Crippen LogP contribution in [0.1, 0.15) is 18.4 Å². The van der Waals surface area contributed by atoms with E-state index in [1.807, 2.05) is 35.0 Å². The second-order valence-corrected chi connectivity index (χ2v) is 9.52. The lowest BCUT2D eigenvalue weighted by Crippen LogP contribution is -2.43. The molecule has 3 heterocycles. The van der Waals surface area contributed by atoms with Crippen LogP contribution in [0.4, 0.5) is 5.69 Å². The van der Waals surface area contributed by atoms with Gasteiger partial charge < -0.3 is 24.3 Å². The van der Waals surface area contributed by atoms with E-state index in [2.05, 4.69) is 27.3 Å². The summed E-state index contributed by atoms with van der Waals surface area (Å²) in [5.74, 6) is 0.856. The van der Waals surface area contributed by atoms with E-state index in [9.17, 15) is 0 Å². The van der Waals surface area contributed by atoms with Crippen LogP contribution in [-0.4, -0.2) is 48.4 Å². The predicted molar refractivity (Wildman–Crippen MR) is 131 cm³/mol. The number of halogens is 2. The minimum Gasteiger partial charge on any atom is -0.491 e. The van der Waals surface area contributed by atoms with Crippen LogP contribution in [0.25, 0.3) is 0 Å².